The number of hydrogen-bond acceptors (Lipinski definition) is 4. The number of pyridine rings is 1. The highest BCUT2D eigenvalue weighted by Crippen LogP contribution is 2.53. The second-order valence-electron chi connectivity index (χ2n) is 5.85. The van der Waals surface area contributed by atoms with Crippen molar-refractivity contribution in [1.29, 1.82) is 0 Å². The number of ketones is 1. The molecule has 0 saturated heterocycles. The summed E-state index contributed by atoms with van der Waals surface area (Å²) < 4.78 is 5.87. The zero-order valence-corrected chi connectivity index (χ0v) is 11.6. The van der Waals surface area contributed by atoms with Gasteiger partial charge in [-0.25, -0.2) is 4.98 Å². The fourth-order valence-corrected chi connectivity index (χ4v) is 3.45. The van der Waals surface area contributed by atoms with E-state index in [0.717, 1.165) is 30.4 Å². The van der Waals surface area contributed by atoms with Crippen LogP contribution in [0.3, 0.4) is 0 Å². The van der Waals surface area contributed by atoms with E-state index in [1.807, 2.05) is 18.2 Å². The summed E-state index contributed by atoms with van der Waals surface area (Å²) in [6.07, 6.45) is 5.10. The van der Waals surface area contributed by atoms with E-state index in [9.17, 15) is 4.79 Å². The van der Waals surface area contributed by atoms with E-state index in [1.54, 1.807) is 18.3 Å². The number of anilines is 1. The Morgan fingerprint density at radius 2 is 2.10 bits per heavy atom. The third-order valence-electron chi connectivity index (χ3n) is 4.68. The van der Waals surface area contributed by atoms with Crippen LogP contribution in [0.1, 0.15) is 30.4 Å². The van der Waals surface area contributed by atoms with Crippen molar-refractivity contribution in [2.24, 2.45) is 0 Å². The maximum absolute atomic E-state index is 12.4. The molecule has 0 bridgehead atoms. The largest absolute Gasteiger partial charge is 0.439 e. The maximum atomic E-state index is 12.4. The summed E-state index contributed by atoms with van der Waals surface area (Å²) in [7, 11) is 0. The molecule has 2 aliphatic carbocycles. The van der Waals surface area contributed by atoms with E-state index in [1.165, 1.54) is 0 Å². The van der Waals surface area contributed by atoms with Crippen molar-refractivity contribution in [3.05, 3.63) is 47.7 Å². The lowest BCUT2D eigenvalue weighted by atomic mass is 9.64. The second-order valence-corrected chi connectivity index (χ2v) is 5.85. The van der Waals surface area contributed by atoms with Crippen molar-refractivity contribution in [2.75, 3.05) is 5.73 Å². The van der Waals surface area contributed by atoms with Gasteiger partial charge >= 0.3 is 0 Å². The van der Waals surface area contributed by atoms with Gasteiger partial charge in [0.05, 0.1) is 5.41 Å². The fourth-order valence-electron chi connectivity index (χ4n) is 3.45. The molecule has 2 aromatic rings. The molecule has 4 heteroatoms. The summed E-state index contributed by atoms with van der Waals surface area (Å²) in [6, 6.07) is 9.24. The summed E-state index contributed by atoms with van der Waals surface area (Å²) in [5, 5.41) is 0. The Hall–Kier alpha value is -2.36. The van der Waals surface area contributed by atoms with Crippen LogP contribution in [0.4, 0.5) is 5.69 Å². The molecule has 0 unspecified atom stereocenters. The molecule has 0 atom stereocenters. The molecule has 2 aliphatic rings. The van der Waals surface area contributed by atoms with E-state index < -0.39 is 0 Å². The van der Waals surface area contributed by atoms with Gasteiger partial charge in [0, 0.05) is 36.0 Å². The molecule has 1 aromatic carbocycles. The smallest absolute Gasteiger partial charge is 0.219 e. The molecule has 4 rings (SSSR count). The Balaban J connectivity index is 1.80. The first-order valence-corrected chi connectivity index (χ1v) is 7.24. The summed E-state index contributed by atoms with van der Waals surface area (Å²) in [6.45, 7) is 0. The van der Waals surface area contributed by atoms with E-state index in [2.05, 4.69) is 4.98 Å². The normalized spacial score (nSPS) is 18.4. The van der Waals surface area contributed by atoms with Gasteiger partial charge in [-0.15, -0.1) is 0 Å². The predicted molar refractivity (Wildman–Crippen MR) is 79.4 cm³/mol. The van der Waals surface area contributed by atoms with Crippen LogP contribution in [-0.2, 0) is 16.6 Å². The molecular weight excluding hydrogens is 264 g/mol. The number of nitrogens with two attached hydrogens (primary N) is 1. The van der Waals surface area contributed by atoms with Crippen molar-refractivity contribution in [1.82, 2.24) is 4.98 Å². The third kappa shape index (κ3) is 1.75. The van der Waals surface area contributed by atoms with Crippen LogP contribution < -0.4 is 10.5 Å². The topological polar surface area (TPSA) is 65.2 Å². The fraction of sp³-hybridized carbons (Fsp3) is 0.294. The summed E-state index contributed by atoms with van der Waals surface area (Å²) >= 11 is 0. The van der Waals surface area contributed by atoms with E-state index in [4.69, 9.17) is 10.5 Å². The lowest BCUT2D eigenvalue weighted by molar-refractivity contribution is -0.125. The first kappa shape index (κ1) is 12.4. The SMILES string of the molecule is Nc1cc(Oc2ccccn2)c2c(c1)C1(CCC1)C(=O)C2. The van der Waals surface area contributed by atoms with Crippen LogP contribution in [0.15, 0.2) is 36.5 Å². The number of ether oxygens (including phenoxy) is 1. The highest BCUT2D eigenvalue weighted by molar-refractivity contribution is 5.98. The van der Waals surface area contributed by atoms with E-state index >= 15 is 0 Å². The minimum atomic E-state index is -0.285. The van der Waals surface area contributed by atoms with Crippen LogP contribution in [0.5, 0.6) is 11.6 Å². The average molecular weight is 280 g/mol. The third-order valence-corrected chi connectivity index (χ3v) is 4.68. The molecule has 1 spiro atoms. The highest BCUT2D eigenvalue weighted by Gasteiger charge is 2.51. The lowest BCUT2D eigenvalue weighted by Gasteiger charge is -2.37. The second kappa shape index (κ2) is 4.32. The molecule has 1 aromatic heterocycles. The quantitative estimate of drug-likeness (QED) is 0.859. The lowest BCUT2D eigenvalue weighted by Crippen LogP contribution is -2.39. The molecule has 2 N–H and O–H groups in total. The molecule has 4 nitrogen and oxygen atoms in total. The van der Waals surface area contributed by atoms with Crippen LogP contribution in [-0.4, -0.2) is 10.8 Å². The number of benzene rings is 1. The maximum Gasteiger partial charge on any atom is 0.219 e. The number of fused-ring (bicyclic) bond motifs is 2. The monoisotopic (exact) mass is 280 g/mol. The summed E-state index contributed by atoms with van der Waals surface area (Å²) in [5.41, 5.74) is 8.43. The molecule has 0 amide bonds. The molecule has 106 valence electrons. The van der Waals surface area contributed by atoms with Crippen molar-refractivity contribution in [3.63, 3.8) is 0 Å². The number of Topliss-reactive ketones (excluding diaryl/α,β-unsaturated/α-hetero) is 1. The van der Waals surface area contributed by atoms with Gasteiger partial charge in [-0.2, -0.15) is 0 Å². The van der Waals surface area contributed by atoms with Gasteiger partial charge in [-0.3, -0.25) is 4.79 Å². The van der Waals surface area contributed by atoms with E-state index in [-0.39, 0.29) is 5.41 Å². The number of carbonyl (C=O) groups is 1. The van der Waals surface area contributed by atoms with Gasteiger partial charge in [-0.1, -0.05) is 12.5 Å². The van der Waals surface area contributed by atoms with Crippen LogP contribution in [0.25, 0.3) is 0 Å². The molecule has 0 radical (unpaired) electrons. The Morgan fingerprint density at radius 3 is 2.76 bits per heavy atom. The minimum Gasteiger partial charge on any atom is -0.439 e. The molecular formula is C17H16N2O2. The summed E-state index contributed by atoms with van der Waals surface area (Å²) in [5.74, 6) is 1.49. The Labute approximate surface area is 123 Å². The predicted octanol–water partition coefficient (Wildman–Crippen LogP) is 3.00. The Kier molecular flexibility index (Phi) is 2.55. The molecule has 1 fully saturated rings. The number of rotatable bonds is 2. The minimum absolute atomic E-state index is 0.285. The number of nitrogen functional groups attached to an aromatic ring is 1. The standard InChI is InChI=1S/C17H16N2O2/c18-11-8-13-12(10-15(20)17(13)5-3-6-17)14(9-11)21-16-4-1-2-7-19-16/h1-2,4,7-9H,3,5-6,10,18H2. The van der Waals surface area contributed by atoms with Gasteiger partial charge in [0.2, 0.25) is 5.88 Å². The Morgan fingerprint density at radius 1 is 1.24 bits per heavy atom. The molecule has 1 heterocycles. The first-order chi connectivity index (χ1) is 10.2. The Bertz CT molecular complexity index is 721. The molecule has 1 saturated carbocycles. The molecule has 21 heavy (non-hydrogen) atoms. The van der Waals surface area contributed by atoms with Gasteiger partial charge in [-0.05, 0) is 30.5 Å². The van der Waals surface area contributed by atoms with Crippen molar-refractivity contribution in [3.8, 4) is 11.6 Å². The molecule has 0 aliphatic heterocycles. The van der Waals surface area contributed by atoms with E-state index in [0.29, 0.717) is 29.5 Å². The highest BCUT2D eigenvalue weighted by atomic mass is 16.5. The van der Waals surface area contributed by atoms with Crippen molar-refractivity contribution >= 4 is 11.5 Å². The van der Waals surface area contributed by atoms with Gasteiger partial charge < -0.3 is 10.5 Å². The average Bonchev–Trinajstić information content (AvgIpc) is 2.72. The van der Waals surface area contributed by atoms with Gasteiger partial charge in [0.1, 0.15) is 11.5 Å². The van der Waals surface area contributed by atoms with Crippen molar-refractivity contribution in [2.45, 2.75) is 31.1 Å². The van der Waals surface area contributed by atoms with Crippen LogP contribution in [0.2, 0.25) is 0 Å². The van der Waals surface area contributed by atoms with Crippen LogP contribution in [0, 0.1) is 0 Å². The number of aromatic nitrogens is 1. The van der Waals surface area contributed by atoms with Gasteiger partial charge in [0.25, 0.3) is 0 Å². The van der Waals surface area contributed by atoms with Crippen LogP contribution >= 0.6 is 0 Å². The summed E-state index contributed by atoms with van der Waals surface area (Å²) in [4.78, 5) is 16.6. The number of nitrogens with zero attached hydrogens (tertiary/aromatic N) is 1. The van der Waals surface area contributed by atoms with Crippen molar-refractivity contribution < 1.29 is 9.53 Å². The number of hydrogen-bond donors (Lipinski definition) is 1. The van der Waals surface area contributed by atoms with Gasteiger partial charge in [0.15, 0.2) is 0 Å². The zero-order chi connectivity index (χ0) is 14.4. The first-order valence-electron chi connectivity index (χ1n) is 7.24. The zero-order valence-electron chi connectivity index (χ0n) is 11.6. The number of carbonyl (C=O) groups excluding carboxylic acids is 1.